The quantitative estimate of drug-likeness (QED) is 0.850. The largest absolute Gasteiger partial charge is 0.468 e. The van der Waals surface area contributed by atoms with E-state index in [-0.39, 0.29) is 16.9 Å². The Kier molecular flexibility index (Phi) is 4.03. The van der Waals surface area contributed by atoms with E-state index in [4.69, 9.17) is 4.74 Å². The zero-order valence-electron chi connectivity index (χ0n) is 11.8. The monoisotopic (exact) mass is 291 g/mol. The fourth-order valence-corrected chi connectivity index (χ4v) is 4.80. The van der Waals surface area contributed by atoms with Gasteiger partial charge in [-0.05, 0) is 37.2 Å². The third kappa shape index (κ3) is 2.72. The summed E-state index contributed by atoms with van der Waals surface area (Å²) >= 11 is 1.90. The van der Waals surface area contributed by atoms with Crippen LogP contribution in [0.3, 0.4) is 0 Å². The number of methoxy groups -OCH3 is 1. The van der Waals surface area contributed by atoms with Crippen molar-refractivity contribution in [3.63, 3.8) is 0 Å². The number of ether oxygens (including phenoxy) is 1. The Morgan fingerprint density at radius 3 is 2.65 bits per heavy atom. The summed E-state index contributed by atoms with van der Waals surface area (Å²) in [6.45, 7) is 0. The molecule has 1 saturated carbocycles. The van der Waals surface area contributed by atoms with Crippen molar-refractivity contribution < 1.29 is 9.53 Å². The van der Waals surface area contributed by atoms with Gasteiger partial charge in [0.25, 0.3) is 0 Å². The molecule has 108 valence electrons. The van der Waals surface area contributed by atoms with Crippen LogP contribution < -0.4 is 5.32 Å². The molecule has 1 saturated heterocycles. The van der Waals surface area contributed by atoms with E-state index in [2.05, 4.69) is 35.6 Å². The van der Waals surface area contributed by atoms with Gasteiger partial charge in [0.1, 0.15) is 6.04 Å². The number of hydrogen-bond donors (Lipinski definition) is 1. The average molecular weight is 291 g/mol. The van der Waals surface area contributed by atoms with Gasteiger partial charge in [0.2, 0.25) is 0 Å². The van der Waals surface area contributed by atoms with Gasteiger partial charge in [0.15, 0.2) is 0 Å². The lowest BCUT2D eigenvalue weighted by molar-refractivity contribution is -0.142. The van der Waals surface area contributed by atoms with E-state index in [0.717, 1.165) is 18.6 Å². The van der Waals surface area contributed by atoms with E-state index < -0.39 is 0 Å². The fourth-order valence-electron chi connectivity index (χ4n) is 3.34. The molecular formula is C16H21NO2S. The topological polar surface area (TPSA) is 38.3 Å². The molecule has 0 amide bonds. The highest BCUT2D eigenvalue weighted by molar-refractivity contribution is 8.00. The van der Waals surface area contributed by atoms with Crippen molar-refractivity contribution in [2.45, 2.75) is 42.5 Å². The number of nitrogens with one attached hydrogen (secondary N) is 1. The molecule has 1 aliphatic heterocycles. The molecule has 3 nitrogen and oxygen atoms in total. The van der Waals surface area contributed by atoms with E-state index in [1.807, 2.05) is 11.8 Å². The predicted octanol–water partition coefficient (Wildman–Crippen LogP) is 2.92. The molecule has 1 heterocycles. The standard InChI is InChI=1S/C16H21NO2S/c1-19-15(18)14-11-20-16(17-14)9-7-13(8-10-16)12-5-3-2-4-6-12/h2-6,13-14,17H,7-11H2,1H3/t13?,14-,16?/m0/s1. The molecular weight excluding hydrogens is 270 g/mol. The summed E-state index contributed by atoms with van der Waals surface area (Å²) in [6, 6.07) is 10.6. The molecule has 0 aromatic heterocycles. The number of carbonyl (C=O) groups is 1. The molecule has 1 atom stereocenters. The summed E-state index contributed by atoms with van der Waals surface area (Å²) in [7, 11) is 1.46. The highest BCUT2D eigenvalue weighted by Gasteiger charge is 2.44. The van der Waals surface area contributed by atoms with Crippen LogP contribution in [0, 0.1) is 0 Å². The molecule has 2 fully saturated rings. The van der Waals surface area contributed by atoms with Crippen molar-refractivity contribution >= 4 is 17.7 Å². The van der Waals surface area contributed by atoms with Crippen molar-refractivity contribution in [2.24, 2.45) is 0 Å². The summed E-state index contributed by atoms with van der Waals surface area (Å²) in [6.07, 6.45) is 4.64. The van der Waals surface area contributed by atoms with Crippen LogP contribution in [0.1, 0.15) is 37.2 Å². The average Bonchev–Trinajstić information content (AvgIpc) is 2.92. The van der Waals surface area contributed by atoms with Gasteiger partial charge in [-0.2, -0.15) is 0 Å². The van der Waals surface area contributed by atoms with E-state index in [1.165, 1.54) is 25.5 Å². The van der Waals surface area contributed by atoms with Crippen molar-refractivity contribution in [3.8, 4) is 0 Å². The summed E-state index contributed by atoms with van der Waals surface area (Å²) < 4.78 is 4.84. The van der Waals surface area contributed by atoms with Gasteiger partial charge in [-0.25, -0.2) is 0 Å². The second-order valence-electron chi connectivity index (χ2n) is 5.71. The summed E-state index contributed by atoms with van der Waals surface area (Å²) in [5, 5.41) is 3.52. The zero-order chi connectivity index (χ0) is 14.0. The van der Waals surface area contributed by atoms with E-state index in [1.54, 1.807) is 0 Å². The number of hydrogen-bond acceptors (Lipinski definition) is 4. The number of benzene rings is 1. The highest BCUT2D eigenvalue weighted by Crippen LogP contribution is 2.46. The minimum absolute atomic E-state index is 0.101. The van der Waals surface area contributed by atoms with Crippen molar-refractivity contribution in [3.05, 3.63) is 35.9 Å². The Morgan fingerprint density at radius 1 is 1.30 bits per heavy atom. The molecule has 3 rings (SSSR count). The first-order valence-corrected chi connectivity index (χ1v) is 8.25. The van der Waals surface area contributed by atoms with Gasteiger partial charge in [-0.1, -0.05) is 30.3 Å². The SMILES string of the molecule is COC(=O)[C@@H]1CSC2(CCC(c3ccccc3)CC2)N1. The Morgan fingerprint density at radius 2 is 2.00 bits per heavy atom. The number of thioether (sulfide) groups is 1. The molecule has 1 aromatic carbocycles. The van der Waals surface area contributed by atoms with Gasteiger partial charge in [-0.15, -0.1) is 11.8 Å². The first-order valence-electron chi connectivity index (χ1n) is 7.27. The summed E-state index contributed by atoms with van der Waals surface area (Å²) in [5.41, 5.74) is 1.45. The Labute approximate surface area is 124 Å². The Bertz CT molecular complexity index is 469. The van der Waals surface area contributed by atoms with Crippen LogP contribution in [0.2, 0.25) is 0 Å². The second kappa shape index (κ2) is 5.78. The van der Waals surface area contributed by atoms with E-state index in [9.17, 15) is 4.79 Å². The third-order valence-corrected chi connectivity index (χ3v) is 6.09. The maximum atomic E-state index is 11.6. The molecule has 1 spiro atoms. The van der Waals surface area contributed by atoms with Crippen molar-refractivity contribution in [2.75, 3.05) is 12.9 Å². The molecule has 0 unspecified atom stereocenters. The van der Waals surface area contributed by atoms with Crippen LogP contribution in [0.5, 0.6) is 0 Å². The normalized spacial score (nSPS) is 33.2. The maximum absolute atomic E-state index is 11.6. The Hall–Kier alpha value is -1.00. The maximum Gasteiger partial charge on any atom is 0.323 e. The third-order valence-electron chi connectivity index (χ3n) is 4.51. The molecule has 4 heteroatoms. The minimum atomic E-state index is -0.127. The first-order chi connectivity index (χ1) is 9.72. The smallest absolute Gasteiger partial charge is 0.323 e. The van der Waals surface area contributed by atoms with Gasteiger partial charge in [-0.3, -0.25) is 10.1 Å². The van der Waals surface area contributed by atoms with E-state index in [0.29, 0.717) is 5.92 Å². The molecule has 2 aliphatic rings. The zero-order valence-corrected chi connectivity index (χ0v) is 12.6. The minimum Gasteiger partial charge on any atom is -0.468 e. The fraction of sp³-hybridized carbons (Fsp3) is 0.562. The van der Waals surface area contributed by atoms with Crippen LogP contribution in [0.25, 0.3) is 0 Å². The Balaban J connectivity index is 1.60. The molecule has 0 bridgehead atoms. The predicted molar refractivity (Wildman–Crippen MR) is 81.8 cm³/mol. The van der Waals surface area contributed by atoms with Crippen LogP contribution >= 0.6 is 11.8 Å². The number of carbonyl (C=O) groups excluding carboxylic acids is 1. The molecule has 1 aromatic rings. The van der Waals surface area contributed by atoms with Crippen LogP contribution in [0.4, 0.5) is 0 Å². The van der Waals surface area contributed by atoms with Crippen LogP contribution in [-0.4, -0.2) is 29.7 Å². The van der Waals surface area contributed by atoms with Gasteiger partial charge < -0.3 is 4.74 Å². The second-order valence-corrected chi connectivity index (χ2v) is 7.11. The van der Waals surface area contributed by atoms with Crippen LogP contribution in [0.15, 0.2) is 30.3 Å². The molecule has 0 radical (unpaired) electrons. The van der Waals surface area contributed by atoms with Gasteiger partial charge >= 0.3 is 5.97 Å². The molecule has 1 aliphatic carbocycles. The van der Waals surface area contributed by atoms with Crippen molar-refractivity contribution in [1.82, 2.24) is 5.32 Å². The van der Waals surface area contributed by atoms with E-state index >= 15 is 0 Å². The lowest BCUT2D eigenvalue weighted by Crippen LogP contribution is -2.47. The number of esters is 1. The number of rotatable bonds is 2. The van der Waals surface area contributed by atoms with Crippen LogP contribution in [-0.2, 0) is 9.53 Å². The lowest BCUT2D eigenvalue weighted by atomic mass is 9.81. The van der Waals surface area contributed by atoms with Crippen molar-refractivity contribution in [1.29, 1.82) is 0 Å². The summed E-state index contributed by atoms with van der Waals surface area (Å²) in [4.78, 5) is 11.7. The summed E-state index contributed by atoms with van der Waals surface area (Å²) in [5.74, 6) is 1.38. The first kappa shape index (κ1) is 14.0. The molecule has 1 N–H and O–H groups in total. The van der Waals surface area contributed by atoms with Gasteiger partial charge in [0.05, 0.1) is 12.0 Å². The van der Waals surface area contributed by atoms with Gasteiger partial charge in [0, 0.05) is 5.75 Å². The molecule has 20 heavy (non-hydrogen) atoms. The highest BCUT2D eigenvalue weighted by atomic mass is 32.2. The lowest BCUT2D eigenvalue weighted by Gasteiger charge is -2.37.